The zero-order valence-corrected chi connectivity index (χ0v) is 9.61. The van der Waals surface area contributed by atoms with Crippen LogP contribution >= 0.6 is 0 Å². The Morgan fingerprint density at radius 2 is 2.12 bits per heavy atom. The largest absolute Gasteiger partial charge is 0.317 e. The first kappa shape index (κ1) is 9.85. The zero-order valence-electron chi connectivity index (χ0n) is 9.61. The second-order valence-electron chi connectivity index (χ2n) is 4.64. The lowest BCUT2D eigenvalue weighted by Gasteiger charge is -2.21. The van der Waals surface area contributed by atoms with Crippen LogP contribution in [0.15, 0.2) is 24.5 Å². The van der Waals surface area contributed by atoms with Gasteiger partial charge in [0.25, 0.3) is 0 Å². The summed E-state index contributed by atoms with van der Waals surface area (Å²) in [5.74, 6) is 1.85. The summed E-state index contributed by atoms with van der Waals surface area (Å²) in [6, 6.07) is 4.29. The fourth-order valence-electron chi connectivity index (χ4n) is 2.50. The van der Waals surface area contributed by atoms with Crippen molar-refractivity contribution >= 4 is 5.52 Å². The number of rotatable bonds is 1. The predicted molar refractivity (Wildman–Crippen MR) is 64.8 cm³/mol. The van der Waals surface area contributed by atoms with E-state index in [9.17, 15) is 0 Å². The molecule has 0 unspecified atom stereocenters. The zero-order chi connectivity index (χ0) is 11.0. The number of aromatic nitrogens is 2. The van der Waals surface area contributed by atoms with Crippen LogP contribution in [0.1, 0.15) is 30.1 Å². The van der Waals surface area contributed by atoms with Crippen LogP contribution in [0, 0.1) is 6.92 Å². The Morgan fingerprint density at radius 1 is 1.31 bits per heavy atom. The van der Waals surface area contributed by atoms with Gasteiger partial charge in [-0.1, -0.05) is 6.07 Å². The van der Waals surface area contributed by atoms with E-state index in [1.165, 1.54) is 29.7 Å². The summed E-state index contributed by atoms with van der Waals surface area (Å²) in [4.78, 5) is 4.60. The summed E-state index contributed by atoms with van der Waals surface area (Å²) in [5.41, 5.74) is 2.50. The number of hydrogen-bond acceptors (Lipinski definition) is 2. The molecule has 1 aliphatic rings. The Balaban J connectivity index is 2.05. The molecule has 0 amide bonds. The van der Waals surface area contributed by atoms with Crippen LogP contribution in [0.3, 0.4) is 0 Å². The van der Waals surface area contributed by atoms with E-state index < -0.39 is 0 Å². The molecule has 1 saturated heterocycles. The number of hydrogen-bond donors (Lipinski definition) is 1. The lowest BCUT2D eigenvalue weighted by atomic mass is 9.97. The fourth-order valence-corrected chi connectivity index (χ4v) is 2.50. The summed E-state index contributed by atoms with van der Waals surface area (Å²) in [6.45, 7) is 4.36. The highest BCUT2D eigenvalue weighted by molar-refractivity contribution is 5.47. The molecule has 1 N–H and O–H groups in total. The molecule has 0 atom stereocenters. The molecule has 0 aromatic carbocycles. The molecule has 1 aliphatic heterocycles. The highest BCUT2D eigenvalue weighted by Crippen LogP contribution is 2.25. The summed E-state index contributed by atoms with van der Waals surface area (Å²) in [7, 11) is 0. The maximum atomic E-state index is 4.60. The number of piperidine rings is 1. The Morgan fingerprint density at radius 3 is 2.94 bits per heavy atom. The van der Waals surface area contributed by atoms with Crippen molar-refractivity contribution in [2.75, 3.05) is 13.1 Å². The first-order chi connectivity index (χ1) is 7.84. The van der Waals surface area contributed by atoms with Crippen LogP contribution < -0.4 is 5.32 Å². The van der Waals surface area contributed by atoms with E-state index in [1.807, 2.05) is 6.20 Å². The standard InChI is InChI=1S/C13H17N3/c1-10-2-3-12-8-15-13(16(12)9-10)11-4-6-14-7-5-11/h2-3,8-9,11,14H,4-7H2,1H3. The van der Waals surface area contributed by atoms with Crippen molar-refractivity contribution in [2.45, 2.75) is 25.7 Å². The predicted octanol–water partition coefficient (Wildman–Crippen LogP) is 2.11. The molecule has 0 aliphatic carbocycles. The third kappa shape index (κ3) is 1.61. The Labute approximate surface area is 95.5 Å². The van der Waals surface area contributed by atoms with E-state index in [0.29, 0.717) is 5.92 Å². The van der Waals surface area contributed by atoms with Gasteiger partial charge in [0.1, 0.15) is 5.82 Å². The second-order valence-corrected chi connectivity index (χ2v) is 4.64. The molecule has 3 nitrogen and oxygen atoms in total. The van der Waals surface area contributed by atoms with Gasteiger partial charge in [0.05, 0.1) is 11.7 Å². The second kappa shape index (κ2) is 3.91. The number of pyridine rings is 1. The number of imidazole rings is 1. The normalized spacial score (nSPS) is 18.1. The molecule has 0 radical (unpaired) electrons. The van der Waals surface area contributed by atoms with Crippen LogP contribution in [-0.2, 0) is 0 Å². The van der Waals surface area contributed by atoms with E-state index in [2.05, 4.69) is 40.0 Å². The molecule has 3 heteroatoms. The van der Waals surface area contributed by atoms with Gasteiger partial charge >= 0.3 is 0 Å². The van der Waals surface area contributed by atoms with Crippen molar-refractivity contribution in [2.24, 2.45) is 0 Å². The van der Waals surface area contributed by atoms with Crippen molar-refractivity contribution in [3.8, 4) is 0 Å². The summed E-state index contributed by atoms with van der Waals surface area (Å²) >= 11 is 0. The molecule has 16 heavy (non-hydrogen) atoms. The quantitative estimate of drug-likeness (QED) is 0.789. The molecular formula is C13H17N3. The lowest BCUT2D eigenvalue weighted by molar-refractivity contribution is 0.444. The Bertz CT molecular complexity index is 495. The van der Waals surface area contributed by atoms with E-state index in [0.717, 1.165) is 13.1 Å². The molecular weight excluding hydrogens is 198 g/mol. The number of nitrogens with one attached hydrogen (secondary N) is 1. The molecule has 3 heterocycles. The minimum Gasteiger partial charge on any atom is -0.317 e. The maximum Gasteiger partial charge on any atom is 0.116 e. The van der Waals surface area contributed by atoms with Gasteiger partial charge in [0, 0.05) is 12.1 Å². The van der Waals surface area contributed by atoms with Gasteiger partial charge in [-0.25, -0.2) is 4.98 Å². The number of aryl methyl sites for hydroxylation is 1. The highest BCUT2D eigenvalue weighted by atomic mass is 15.0. The van der Waals surface area contributed by atoms with E-state index in [4.69, 9.17) is 0 Å². The van der Waals surface area contributed by atoms with Gasteiger partial charge in [-0.05, 0) is 44.5 Å². The molecule has 3 rings (SSSR count). The first-order valence-corrected chi connectivity index (χ1v) is 5.99. The molecule has 84 valence electrons. The minimum atomic E-state index is 0.616. The van der Waals surface area contributed by atoms with E-state index in [1.54, 1.807) is 0 Å². The molecule has 2 aromatic rings. The Hall–Kier alpha value is -1.35. The van der Waals surface area contributed by atoms with Gasteiger partial charge in [-0.15, -0.1) is 0 Å². The maximum absolute atomic E-state index is 4.60. The van der Waals surface area contributed by atoms with Crippen LogP contribution in [0.4, 0.5) is 0 Å². The lowest BCUT2D eigenvalue weighted by Crippen LogP contribution is -2.27. The van der Waals surface area contributed by atoms with E-state index in [-0.39, 0.29) is 0 Å². The molecule has 0 spiro atoms. The van der Waals surface area contributed by atoms with Crippen molar-refractivity contribution in [3.05, 3.63) is 35.9 Å². The number of fused-ring (bicyclic) bond motifs is 1. The monoisotopic (exact) mass is 215 g/mol. The average Bonchev–Trinajstić information content (AvgIpc) is 2.73. The molecule has 1 fully saturated rings. The van der Waals surface area contributed by atoms with Gasteiger partial charge in [0.15, 0.2) is 0 Å². The van der Waals surface area contributed by atoms with Crippen LogP contribution in [-0.4, -0.2) is 22.5 Å². The van der Waals surface area contributed by atoms with Crippen molar-refractivity contribution in [1.29, 1.82) is 0 Å². The number of nitrogens with zero attached hydrogens (tertiary/aromatic N) is 2. The van der Waals surface area contributed by atoms with Gasteiger partial charge in [0.2, 0.25) is 0 Å². The van der Waals surface area contributed by atoms with Crippen LogP contribution in [0.2, 0.25) is 0 Å². The minimum absolute atomic E-state index is 0.616. The first-order valence-electron chi connectivity index (χ1n) is 5.99. The Kier molecular flexibility index (Phi) is 2.40. The van der Waals surface area contributed by atoms with E-state index >= 15 is 0 Å². The SMILES string of the molecule is Cc1ccc2cnc(C3CCNCC3)n2c1. The summed E-state index contributed by atoms with van der Waals surface area (Å²) in [6.07, 6.45) is 6.58. The van der Waals surface area contributed by atoms with Crippen LogP contribution in [0.25, 0.3) is 5.52 Å². The third-order valence-electron chi connectivity index (χ3n) is 3.41. The fraction of sp³-hybridized carbons (Fsp3) is 0.462. The topological polar surface area (TPSA) is 29.3 Å². The van der Waals surface area contributed by atoms with Crippen molar-refractivity contribution < 1.29 is 0 Å². The van der Waals surface area contributed by atoms with Crippen LogP contribution in [0.5, 0.6) is 0 Å². The summed E-state index contributed by atoms with van der Waals surface area (Å²) in [5, 5.41) is 3.40. The molecule has 0 saturated carbocycles. The average molecular weight is 215 g/mol. The van der Waals surface area contributed by atoms with Gasteiger partial charge in [-0.2, -0.15) is 0 Å². The van der Waals surface area contributed by atoms with Gasteiger partial charge in [-0.3, -0.25) is 0 Å². The smallest absolute Gasteiger partial charge is 0.116 e. The molecule has 2 aromatic heterocycles. The third-order valence-corrected chi connectivity index (χ3v) is 3.41. The summed E-state index contributed by atoms with van der Waals surface area (Å²) < 4.78 is 2.26. The van der Waals surface area contributed by atoms with Crippen molar-refractivity contribution in [1.82, 2.24) is 14.7 Å². The highest BCUT2D eigenvalue weighted by Gasteiger charge is 2.19. The van der Waals surface area contributed by atoms with Gasteiger partial charge < -0.3 is 9.72 Å². The molecule has 0 bridgehead atoms. The van der Waals surface area contributed by atoms with Crippen molar-refractivity contribution in [3.63, 3.8) is 0 Å².